The summed E-state index contributed by atoms with van der Waals surface area (Å²) in [4.78, 5) is 14.9. The second kappa shape index (κ2) is 7.85. The van der Waals surface area contributed by atoms with E-state index < -0.39 is 0 Å². The predicted molar refractivity (Wildman–Crippen MR) is 88.5 cm³/mol. The van der Waals surface area contributed by atoms with E-state index in [0.29, 0.717) is 11.9 Å². The summed E-state index contributed by atoms with van der Waals surface area (Å²) in [5.74, 6) is 1.30. The molecule has 0 aromatic heterocycles. The highest BCUT2D eigenvalue weighted by atomic mass is 32.2. The fourth-order valence-electron chi connectivity index (χ4n) is 2.87. The van der Waals surface area contributed by atoms with Crippen LogP contribution in [0.3, 0.4) is 0 Å². The third-order valence-corrected chi connectivity index (χ3v) is 5.30. The van der Waals surface area contributed by atoms with Crippen molar-refractivity contribution in [1.29, 1.82) is 0 Å². The molecule has 0 saturated carbocycles. The molecule has 1 heterocycles. The van der Waals surface area contributed by atoms with Crippen molar-refractivity contribution in [3.05, 3.63) is 35.9 Å². The molecule has 1 fully saturated rings. The van der Waals surface area contributed by atoms with Gasteiger partial charge in [0.15, 0.2) is 0 Å². The van der Waals surface area contributed by atoms with Crippen LogP contribution in [0.2, 0.25) is 0 Å². The highest BCUT2D eigenvalue weighted by Gasteiger charge is 2.34. The normalized spacial score (nSPS) is 23.9. The molecular formula is C17H25NO2S. The summed E-state index contributed by atoms with van der Waals surface area (Å²) in [6, 6.07) is 10.6. The molecule has 1 aliphatic heterocycles. The third kappa shape index (κ3) is 4.01. The zero-order chi connectivity index (χ0) is 15.2. The number of thioether (sulfide) groups is 1. The largest absolute Gasteiger partial charge is 0.385 e. The van der Waals surface area contributed by atoms with E-state index >= 15 is 0 Å². The van der Waals surface area contributed by atoms with Crippen molar-refractivity contribution in [3.63, 3.8) is 0 Å². The van der Waals surface area contributed by atoms with Crippen LogP contribution in [0, 0.1) is 5.92 Å². The average Bonchev–Trinajstić information content (AvgIpc) is 2.52. The summed E-state index contributed by atoms with van der Waals surface area (Å²) in [5, 5.41) is 0.430. The molecule has 0 bridgehead atoms. The molecule has 3 nitrogen and oxygen atoms in total. The first-order valence-corrected chi connectivity index (χ1v) is 8.66. The predicted octanol–water partition coefficient (Wildman–Crippen LogP) is 3.36. The molecule has 1 aliphatic rings. The Morgan fingerprint density at radius 1 is 1.43 bits per heavy atom. The first-order chi connectivity index (χ1) is 10.1. The van der Waals surface area contributed by atoms with Gasteiger partial charge in [0.05, 0.1) is 6.04 Å². The van der Waals surface area contributed by atoms with Gasteiger partial charge in [-0.05, 0) is 12.0 Å². The number of ether oxygens (including phenoxy) is 1. The van der Waals surface area contributed by atoms with Crippen molar-refractivity contribution in [2.45, 2.75) is 31.6 Å². The van der Waals surface area contributed by atoms with Gasteiger partial charge in [-0.25, -0.2) is 0 Å². The van der Waals surface area contributed by atoms with Crippen LogP contribution in [0.15, 0.2) is 30.3 Å². The number of nitrogens with zero attached hydrogens (tertiary/aromatic N) is 1. The molecular weight excluding hydrogens is 282 g/mol. The highest BCUT2D eigenvalue weighted by molar-refractivity contribution is 8.00. The fourth-order valence-corrected chi connectivity index (χ4v) is 4.03. The fraction of sp³-hybridized carbons (Fsp3) is 0.588. The van der Waals surface area contributed by atoms with E-state index in [0.717, 1.165) is 18.7 Å². The molecule has 0 aliphatic carbocycles. The minimum atomic E-state index is 0.0199. The maximum Gasteiger partial charge on any atom is 0.226 e. The first kappa shape index (κ1) is 16.4. The first-order valence-electron chi connectivity index (χ1n) is 7.61. The standard InChI is InChI=1S/C17H25NO2S/c1-13(9-11-20-3)17(19)18-10-12-21-14(2)16(18)15-7-5-4-6-8-15/h4-8,13-14,16H,9-12H2,1-3H3/t13-,14-,16+/m0/s1. The van der Waals surface area contributed by atoms with Crippen LogP contribution in [-0.4, -0.2) is 42.1 Å². The molecule has 1 amide bonds. The minimum Gasteiger partial charge on any atom is -0.385 e. The Bertz CT molecular complexity index is 451. The molecule has 0 radical (unpaired) electrons. The number of methoxy groups -OCH3 is 1. The van der Waals surface area contributed by atoms with Gasteiger partial charge in [-0.1, -0.05) is 44.2 Å². The van der Waals surface area contributed by atoms with E-state index in [1.165, 1.54) is 5.56 Å². The van der Waals surface area contributed by atoms with E-state index in [4.69, 9.17) is 4.74 Å². The van der Waals surface area contributed by atoms with E-state index in [9.17, 15) is 4.79 Å². The van der Waals surface area contributed by atoms with Crippen LogP contribution >= 0.6 is 11.8 Å². The number of hydrogen-bond donors (Lipinski definition) is 0. The van der Waals surface area contributed by atoms with Crippen molar-refractivity contribution in [3.8, 4) is 0 Å². The highest BCUT2D eigenvalue weighted by Crippen LogP contribution is 2.36. The Balaban J connectivity index is 2.16. The SMILES string of the molecule is COCC[C@H](C)C(=O)N1CCS[C@@H](C)[C@@H]1c1ccccc1. The summed E-state index contributed by atoms with van der Waals surface area (Å²) in [6.07, 6.45) is 0.787. The quantitative estimate of drug-likeness (QED) is 0.835. The van der Waals surface area contributed by atoms with Crippen molar-refractivity contribution in [2.24, 2.45) is 5.92 Å². The van der Waals surface area contributed by atoms with Gasteiger partial charge in [-0.3, -0.25) is 4.79 Å². The smallest absolute Gasteiger partial charge is 0.226 e. The lowest BCUT2D eigenvalue weighted by Gasteiger charge is -2.41. The van der Waals surface area contributed by atoms with E-state index in [1.54, 1.807) is 7.11 Å². The van der Waals surface area contributed by atoms with Gasteiger partial charge in [0, 0.05) is 37.2 Å². The van der Waals surface area contributed by atoms with Gasteiger partial charge in [0.1, 0.15) is 0 Å². The van der Waals surface area contributed by atoms with Crippen LogP contribution < -0.4 is 0 Å². The third-order valence-electron chi connectivity index (χ3n) is 4.09. The zero-order valence-electron chi connectivity index (χ0n) is 13.1. The molecule has 2 rings (SSSR count). The lowest BCUT2D eigenvalue weighted by atomic mass is 9.99. The number of rotatable bonds is 5. The van der Waals surface area contributed by atoms with Gasteiger partial charge < -0.3 is 9.64 Å². The summed E-state index contributed by atoms with van der Waals surface area (Å²) in [5.41, 5.74) is 1.24. The zero-order valence-corrected chi connectivity index (χ0v) is 13.9. The monoisotopic (exact) mass is 307 g/mol. The molecule has 0 N–H and O–H groups in total. The molecule has 3 atom stereocenters. The Morgan fingerprint density at radius 2 is 2.14 bits per heavy atom. The van der Waals surface area contributed by atoms with Crippen molar-refractivity contribution in [2.75, 3.05) is 26.0 Å². The van der Waals surface area contributed by atoms with Crippen LogP contribution in [0.4, 0.5) is 0 Å². The number of benzene rings is 1. The van der Waals surface area contributed by atoms with Crippen molar-refractivity contribution in [1.82, 2.24) is 4.90 Å². The number of hydrogen-bond acceptors (Lipinski definition) is 3. The Morgan fingerprint density at radius 3 is 2.81 bits per heavy atom. The Labute approximate surface area is 132 Å². The van der Waals surface area contributed by atoms with E-state index in [-0.39, 0.29) is 17.9 Å². The number of carbonyl (C=O) groups is 1. The van der Waals surface area contributed by atoms with Crippen LogP contribution in [0.5, 0.6) is 0 Å². The van der Waals surface area contributed by atoms with Gasteiger partial charge in [-0.15, -0.1) is 0 Å². The summed E-state index contributed by atoms with van der Waals surface area (Å²) in [6.45, 7) is 5.71. The maximum atomic E-state index is 12.8. The topological polar surface area (TPSA) is 29.5 Å². The van der Waals surface area contributed by atoms with Crippen LogP contribution in [-0.2, 0) is 9.53 Å². The lowest BCUT2D eigenvalue weighted by molar-refractivity contribution is -0.138. The number of amides is 1. The van der Waals surface area contributed by atoms with Gasteiger partial charge in [0.2, 0.25) is 5.91 Å². The van der Waals surface area contributed by atoms with Crippen LogP contribution in [0.25, 0.3) is 0 Å². The molecule has 116 valence electrons. The van der Waals surface area contributed by atoms with Crippen LogP contribution in [0.1, 0.15) is 31.9 Å². The average molecular weight is 307 g/mol. The minimum absolute atomic E-state index is 0.0199. The molecule has 1 aromatic rings. The molecule has 21 heavy (non-hydrogen) atoms. The molecule has 0 unspecified atom stereocenters. The lowest BCUT2D eigenvalue weighted by Crippen LogP contribution is -2.46. The summed E-state index contributed by atoms with van der Waals surface area (Å²) >= 11 is 1.95. The second-order valence-corrected chi connectivity index (χ2v) is 7.13. The van der Waals surface area contributed by atoms with Gasteiger partial charge >= 0.3 is 0 Å². The summed E-state index contributed by atoms with van der Waals surface area (Å²) < 4.78 is 5.11. The molecule has 4 heteroatoms. The maximum absolute atomic E-state index is 12.8. The molecule has 0 spiro atoms. The molecule has 1 saturated heterocycles. The van der Waals surface area contributed by atoms with Crippen molar-refractivity contribution >= 4 is 17.7 Å². The molecule has 1 aromatic carbocycles. The van der Waals surface area contributed by atoms with Gasteiger partial charge in [0.25, 0.3) is 0 Å². The van der Waals surface area contributed by atoms with E-state index in [1.807, 2.05) is 24.8 Å². The summed E-state index contributed by atoms with van der Waals surface area (Å²) in [7, 11) is 1.68. The van der Waals surface area contributed by atoms with Crippen molar-refractivity contribution < 1.29 is 9.53 Å². The Kier molecular flexibility index (Phi) is 6.12. The number of carbonyl (C=O) groups excluding carboxylic acids is 1. The Hall–Kier alpha value is -1.00. The van der Waals surface area contributed by atoms with E-state index in [2.05, 4.69) is 36.1 Å². The second-order valence-electron chi connectivity index (χ2n) is 5.65. The van der Waals surface area contributed by atoms with Gasteiger partial charge in [-0.2, -0.15) is 11.8 Å².